The Kier molecular flexibility index (Phi) is 6.54. The van der Waals surface area contributed by atoms with E-state index in [0.29, 0.717) is 6.54 Å². The molecule has 0 aromatic heterocycles. The molecule has 24 heavy (non-hydrogen) atoms. The van der Waals surface area contributed by atoms with Gasteiger partial charge in [0.15, 0.2) is 11.6 Å². The molecule has 4 nitrogen and oxygen atoms in total. The maximum atomic E-state index is 13.4. The van der Waals surface area contributed by atoms with E-state index in [0.717, 1.165) is 24.1 Å². The molecule has 0 fully saturated rings. The summed E-state index contributed by atoms with van der Waals surface area (Å²) in [4.78, 5) is 11.8. The summed E-state index contributed by atoms with van der Waals surface area (Å²) >= 11 is 0. The van der Waals surface area contributed by atoms with Crippen LogP contribution >= 0.6 is 0 Å². The summed E-state index contributed by atoms with van der Waals surface area (Å²) in [6.07, 6.45) is 0.736. The van der Waals surface area contributed by atoms with Crippen molar-refractivity contribution in [3.05, 3.63) is 65.7 Å². The highest BCUT2D eigenvalue weighted by molar-refractivity contribution is 5.74. The first-order chi connectivity index (χ1) is 11.5. The van der Waals surface area contributed by atoms with Crippen molar-refractivity contribution in [3.8, 4) is 5.75 Å². The number of ether oxygens (including phenoxy) is 1. The van der Waals surface area contributed by atoms with Crippen LogP contribution in [0.3, 0.4) is 0 Å². The number of hydrogen-bond acceptors (Lipinski definition) is 2. The molecule has 0 bridgehead atoms. The minimum absolute atomic E-state index is 0.0467. The van der Waals surface area contributed by atoms with Gasteiger partial charge in [0.2, 0.25) is 0 Å². The molecular weight excluding hydrogens is 314 g/mol. The van der Waals surface area contributed by atoms with E-state index >= 15 is 0 Å². The van der Waals surface area contributed by atoms with E-state index in [-0.39, 0.29) is 24.4 Å². The lowest BCUT2D eigenvalue weighted by Gasteiger charge is -2.16. The number of rotatable bonds is 7. The predicted octanol–water partition coefficient (Wildman–Crippen LogP) is 3.27. The van der Waals surface area contributed by atoms with Crippen LogP contribution in [0.1, 0.15) is 12.5 Å². The molecule has 0 aliphatic heterocycles. The van der Waals surface area contributed by atoms with Crippen LogP contribution in [0.25, 0.3) is 0 Å². The molecule has 2 rings (SSSR count). The molecule has 0 heterocycles. The summed E-state index contributed by atoms with van der Waals surface area (Å²) < 4.78 is 31.5. The predicted molar refractivity (Wildman–Crippen MR) is 88.0 cm³/mol. The Hall–Kier alpha value is -2.63. The average Bonchev–Trinajstić information content (AvgIpc) is 2.55. The topological polar surface area (TPSA) is 50.4 Å². The third-order valence-corrected chi connectivity index (χ3v) is 3.30. The molecule has 2 aromatic rings. The highest BCUT2D eigenvalue weighted by Crippen LogP contribution is 2.17. The van der Waals surface area contributed by atoms with Crippen LogP contribution in [-0.4, -0.2) is 25.2 Å². The maximum Gasteiger partial charge on any atom is 0.315 e. The first-order valence-corrected chi connectivity index (χ1v) is 7.70. The zero-order valence-electron chi connectivity index (χ0n) is 13.4. The van der Waals surface area contributed by atoms with Crippen molar-refractivity contribution in [2.75, 3.05) is 13.2 Å². The third-order valence-electron chi connectivity index (χ3n) is 3.30. The summed E-state index contributed by atoms with van der Waals surface area (Å²) in [5.41, 5.74) is 1.14. The fourth-order valence-electron chi connectivity index (χ4n) is 2.09. The monoisotopic (exact) mass is 334 g/mol. The van der Waals surface area contributed by atoms with Gasteiger partial charge in [-0.25, -0.2) is 13.6 Å². The van der Waals surface area contributed by atoms with Crippen molar-refractivity contribution in [3.63, 3.8) is 0 Å². The van der Waals surface area contributed by atoms with Gasteiger partial charge < -0.3 is 15.4 Å². The van der Waals surface area contributed by atoms with Gasteiger partial charge in [-0.1, -0.05) is 30.3 Å². The molecule has 2 N–H and O–H groups in total. The van der Waals surface area contributed by atoms with E-state index in [1.54, 1.807) is 6.92 Å². The zero-order chi connectivity index (χ0) is 17.4. The second kappa shape index (κ2) is 8.86. The smallest absolute Gasteiger partial charge is 0.315 e. The molecule has 0 aliphatic carbocycles. The molecule has 128 valence electrons. The van der Waals surface area contributed by atoms with Gasteiger partial charge in [0, 0.05) is 12.6 Å². The van der Waals surface area contributed by atoms with Crippen LogP contribution < -0.4 is 15.4 Å². The molecule has 0 radical (unpaired) electrons. The number of amides is 2. The molecule has 1 atom stereocenters. The number of benzene rings is 2. The zero-order valence-corrected chi connectivity index (χ0v) is 13.4. The molecule has 0 saturated heterocycles. The van der Waals surface area contributed by atoms with Gasteiger partial charge in [-0.2, -0.15) is 0 Å². The van der Waals surface area contributed by atoms with Gasteiger partial charge in [0.25, 0.3) is 0 Å². The lowest BCUT2D eigenvalue weighted by molar-refractivity contribution is 0.224. The lowest BCUT2D eigenvalue weighted by Crippen LogP contribution is -2.43. The number of hydrogen-bond donors (Lipinski definition) is 2. The van der Waals surface area contributed by atoms with E-state index in [9.17, 15) is 13.6 Å². The quantitative estimate of drug-likeness (QED) is 0.816. The molecule has 6 heteroatoms. The van der Waals surface area contributed by atoms with Crippen LogP contribution in [0.5, 0.6) is 5.75 Å². The highest BCUT2D eigenvalue weighted by Gasteiger charge is 2.10. The van der Waals surface area contributed by atoms with E-state index < -0.39 is 11.6 Å². The molecule has 0 aliphatic rings. The first kappa shape index (κ1) is 17.7. The van der Waals surface area contributed by atoms with Crippen LogP contribution in [0, 0.1) is 11.6 Å². The summed E-state index contributed by atoms with van der Waals surface area (Å²) in [7, 11) is 0. The average molecular weight is 334 g/mol. The van der Waals surface area contributed by atoms with E-state index in [1.807, 2.05) is 30.3 Å². The van der Waals surface area contributed by atoms with Gasteiger partial charge in [0.05, 0.1) is 6.04 Å². The van der Waals surface area contributed by atoms with Gasteiger partial charge in [0.1, 0.15) is 12.4 Å². The van der Waals surface area contributed by atoms with Crippen molar-refractivity contribution in [2.24, 2.45) is 0 Å². The molecule has 0 spiro atoms. The van der Waals surface area contributed by atoms with Crippen molar-refractivity contribution in [1.29, 1.82) is 0 Å². The standard InChI is InChI=1S/C18H20F2N2O2/c1-13(12-24-17-8-7-15(19)11-16(17)20)22-18(23)21-10-9-14-5-3-2-4-6-14/h2-8,11,13H,9-10,12H2,1H3,(H2,21,22,23)/t13-/m1/s1. The van der Waals surface area contributed by atoms with E-state index in [2.05, 4.69) is 10.6 Å². The number of carbonyl (C=O) groups is 1. The Bertz CT molecular complexity index is 665. The minimum atomic E-state index is -0.769. The molecule has 0 unspecified atom stereocenters. The van der Waals surface area contributed by atoms with Gasteiger partial charge in [-0.15, -0.1) is 0 Å². The number of nitrogens with one attached hydrogen (secondary N) is 2. The van der Waals surface area contributed by atoms with Crippen molar-refractivity contribution < 1.29 is 18.3 Å². The van der Waals surface area contributed by atoms with Crippen LogP contribution in [0.2, 0.25) is 0 Å². The van der Waals surface area contributed by atoms with E-state index in [1.165, 1.54) is 6.07 Å². The van der Waals surface area contributed by atoms with Gasteiger partial charge in [-0.3, -0.25) is 0 Å². The maximum absolute atomic E-state index is 13.4. The molecule has 2 aromatic carbocycles. The number of urea groups is 1. The number of carbonyl (C=O) groups excluding carboxylic acids is 1. The normalized spacial score (nSPS) is 11.6. The second-order valence-electron chi connectivity index (χ2n) is 5.42. The molecular formula is C18H20F2N2O2. The Morgan fingerprint density at radius 3 is 2.62 bits per heavy atom. The Morgan fingerprint density at radius 1 is 1.17 bits per heavy atom. The Balaban J connectivity index is 1.67. The van der Waals surface area contributed by atoms with Gasteiger partial charge in [-0.05, 0) is 31.0 Å². The van der Waals surface area contributed by atoms with E-state index in [4.69, 9.17) is 4.74 Å². The molecule has 2 amide bonds. The fourth-order valence-corrected chi connectivity index (χ4v) is 2.09. The van der Waals surface area contributed by atoms with Crippen LogP contribution in [-0.2, 0) is 6.42 Å². The van der Waals surface area contributed by atoms with Crippen LogP contribution in [0.15, 0.2) is 48.5 Å². The summed E-state index contributed by atoms with van der Waals surface area (Å²) in [5, 5.41) is 5.45. The van der Waals surface area contributed by atoms with Crippen molar-refractivity contribution >= 4 is 6.03 Å². The third kappa shape index (κ3) is 5.87. The Morgan fingerprint density at radius 2 is 1.92 bits per heavy atom. The summed E-state index contributed by atoms with van der Waals surface area (Å²) in [6.45, 7) is 2.32. The van der Waals surface area contributed by atoms with Crippen LogP contribution in [0.4, 0.5) is 13.6 Å². The summed E-state index contributed by atoms with van der Waals surface area (Å²) in [5.74, 6) is -1.48. The number of halogens is 2. The lowest BCUT2D eigenvalue weighted by atomic mass is 10.1. The highest BCUT2D eigenvalue weighted by atomic mass is 19.1. The summed E-state index contributed by atoms with van der Waals surface area (Å²) in [6, 6.07) is 12.3. The molecule has 0 saturated carbocycles. The minimum Gasteiger partial charge on any atom is -0.488 e. The SMILES string of the molecule is C[C@H](COc1ccc(F)cc1F)NC(=O)NCCc1ccccc1. The van der Waals surface area contributed by atoms with Crippen molar-refractivity contribution in [2.45, 2.75) is 19.4 Å². The second-order valence-corrected chi connectivity index (χ2v) is 5.42. The van der Waals surface area contributed by atoms with Crippen molar-refractivity contribution in [1.82, 2.24) is 10.6 Å². The fraction of sp³-hybridized carbons (Fsp3) is 0.278. The largest absolute Gasteiger partial charge is 0.488 e. The Labute approximate surface area is 139 Å². The first-order valence-electron chi connectivity index (χ1n) is 7.70. The van der Waals surface area contributed by atoms with Gasteiger partial charge >= 0.3 is 6.03 Å².